The third-order valence-electron chi connectivity index (χ3n) is 5.80. The Morgan fingerprint density at radius 3 is 2.03 bits per heavy atom. The Balaban J connectivity index is 1.82. The zero-order chi connectivity index (χ0) is 25.0. The van der Waals surface area contributed by atoms with Crippen LogP contribution in [-0.2, 0) is 31.5 Å². The lowest BCUT2D eigenvalue weighted by Gasteiger charge is -2.24. The fourth-order valence-corrected chi connectivity index (χ4v) is 6.50. The first-order chi connectivity index (χ1) is 16.2. The zero-order valence-electron chi connectivity index (χ0n) is 21.0. The second-order valence-electron chi connectivity index (χ2n) is 9.33. The van der Waals surface area contributed by atoms with Gasteiger partial charge in [0.2, 0.25) is 5.54 Å². The van der Waals surface area contributed by atoms with E-state index in [1.165, 1.54) is 17.7 Å². The van der Waals surface area contributed by atoms with Crippen molar-refractivity contribution in [2.24, 2.45) is 5.73 Å². The molecule has 0 aliphatic carbocycles. The highest BCUT2D eigenvalue weighted by Crippen LogP contribution is 2.21. The van der Waals surface area contributed by atoms with Crippen LogP contribution in [0.25, 0.3) is 0 Å². The van der Waals surface area contributed by atoms with Gasteiger partial charge in [-0.15, -0.1) is 0 Å². The Hall–Kier alpha value is -2.64. The van der Waals surface area contributed by atoms with Crippen molar-refractivity contribution in [2.45, 2.75) is 63.8 Å². The number of ether oxygens (including phenoxy) is 3. The second kappa shape index (κ2) is 13.3. The van der Waals surface area contributed by atoms with Crippen molar-refractivity contribution in [3.05, 3.63) is 65.7 Å². The fourth-order valence-electron chi connectivity index (χ4n) is 3.88. The van der Waals surface area contributed by atoms with E-state index in [0.29, 0.717) is 13.0 Å². The Kier molecular flexibility index (Phi) is 10.8. The molecule has 186 valence electrons. The minimum Gasteiger partial charge on any atom is -0.494 e. The molecular weight excluding hydrogens is 446 g/mol. The number of aryl methyl sites for hydroxylation is 1. The molecule has 0 heterocycles. The SMILES string of the molecule is CCOC(=O)C(N)(CCc1ccc(OCCC[Si](C)(C)Cc2ccccc2)cc1)C(=O)OCC. The predicted octanol–water partition coefficient (Wildman–Crippen LogP) is 4.70. The standard InChI is InChI=1S/C27H39NO5Si/c1-5-31-25(29)27(28,26(30)32-6-2)18-17-22-13-15-24(16-14-22)33-19-10-20-34(3,4)21-23-11-8-7-9-12-23/h7-9,11-16H,5-6,10,17-21,28H2,1-4H3. The van der Waals surface area contributed by atoms with Gasteiger partial charge < -0.3 is 19.9 Å². The average Bonchev–Trinajstić information content (AvgIpc) is 2.81. The van der Waals surface area contributed by atoms with Crippen molar-refractivity contribution in [3.63, 3.8) is 0 Å². The van der Waals surface area contributed by atoms with Crippen molar-refractivity contribution in [1.29, 1.82) is 0 Å². The van der Waals surface area contributed by atoms with Crippen LogP contribution in [0.2, 0.25) is 19.1 Å². The lowest BCUT2D eigenvalue weighted by molar-refractivity contribution is -0.164. The summed E-state index contributed by atoms with van der Waals surface area (Å²) >= 11 is 0. The van der Waals surface area contributed by atoms with Gasteiger partial charge in [0.1, 0.15) is 5.75 Å². The van der Waals surface area contributed by atoms with Crippen LogP contribution >= 0.6 is 0 Å². The van der Waals surface area contributed by atoms with Gasteiger partial charge >= 0.3 is 11.9 Å². The summed E-state index contributed by atoms with van der Waals surface area (Å²) in [5.41, 5.74) is 6.69. The van der Waals surface area contributed by atoms with Crippen LogP contribution in [0, 0.1) is 0 Å². The van der Waals surface area contributed by atoms with Crippen LogP contribution in [0.15, 0.2) is 54.6 Å². The quantitative estimate of drug-likeness (QED) is 0.181. The van der Waals surface area contributed by atoms with E-state index in [1.807, 2.05) is 24.3 Å². The summed E-state index contributed by atoms with van der Waals surface area (Å²) < 4.78 is 16.0. The third-order valence-corrected chi connectivity index (χ3v) is 8.88. The largest absolute Gasteiger partial charge is 0.494 e. The topological polar surface area (TPSA) is 87.9 Å². The van der Waals surface area contributed by atoms with Gasteiger partial charge in [0.15, 0.2) is 0 Å². The maximum atomic E-state index is 12.3. The number of nitrogens with two attached hydrogens (primary N) is 1. The molecule has 0 aromatic heterocycles. The maximum Gasteiger partial charge on any atom is 0.337 e. The van der Waals surface area contributed by atoms with Crippen LogP contribution in [0.1, 0.15) is 37.8 Å². The Morgan fingerprint density at radius 1 is 0.882 bits per heavy atom. The lowest BCUT2D eigenvalue weighted by Crippen LogP contribution is -2.57. The van der Waals surface area contributed by atoms with Crippen LogP contribution in [0.3, 0.4) is 0 Å². The molecule has 0 atom stereocenters. The highest BCUT2D eigenvalue weighted by atomic mass is 28.3. The van der Waals surface area contributed by atoms with E-state index in [9.17, 15) is 9.59 Å². The molecule has 0 aliphatic rings. The molecule has 0 unspecified atom stereocenters. The first kappa shape index (κ1) is 27.6. The molecule has 34 heavy (non-hydrogen) atoms. The van der Waals surface area contributed by atoms with Gasteiger partial charge in [-0.2, -0.15) is 0 Å². The molecule has 0 spiro atoms. The predicted molar refractivity (Wildman–Crippen MR) is 137 cm³/mol. The number of benzene rings is 2. The van der Waals surface area contributed by atoms with Crippen LogP contribution < -0.4 is 10.5 Å². The maximum absolute atomic E-state index is 12.3. The van der Waals surface area contributed by atoms with Gasteiger partial charge in [-0.3, -0.25) is 0 Å². The monoisotopic (exact) mass is 485 g/mol. The highest BCUT2D eigenvalue weighted by molar-refractivity contribution is 6.76. The summed E-state index contributed by atoms with van der Waals surface area (Å²) in [5, 5.41) is 0. The minimum absolute atomic E-state index is 0.103. The first-order valence-corrected chi connectivity index (χ1v) is 15.5. The van der Waals surface area contributed by atoms with Gasteiger partial charge in [-0.25, -0.2) is 9.59 Å². The van der Waals surface area contributed by atoms with Gasteiger partial charge in [0.05, 0.1) is 27.9 Å². The van der Waals surface area contributed by atoms with E-state index in [1.54, 1.807) is 13.8 Å². The summed E-state index contributed by atoms with van der Waals surface area (Å²) in [7, 11) is -1.32. The molecule has 6 nitrogen and oxygen atoms in total. The van der Waals surface area contributed by atoms with E-state index < -0.39 is 25.6 Å². The lowest BCUT2D eigenvalue weighted by atomic mass is 9.92. The van der Waals surface area contributed by atoms with E-state index in [-0.39, 0.29) is 19.6 Å². The highest BCUT2D eigenvalue weighted by Gasteiger charge is 2.44. The molecule has 0 aliphatic heterocycles. The first-order valence-electron chi connectivity index (χ1n) is 12.1. The van der Waals surface area contributed by atoms with Crippen LogP contribution in [0.4, 0.5) is 0 Å². The molecule has 2 aromatic carbocycles. The number of hydrogen-bond acceptors (Lipinski definition) is 6. The smallest absolute Gasteiger partial charge is 0.337 e. The zero-order valence-corrected chi connectivity index (χ0v) is 22.0. The van der Waals surface area contributed by atoms with E-state index >= 15 is 0 Å². The number of carbonyl (C=O) groups is 2. The molecule has 2 aromatic rings. The van der Waals surface area contributed by atoms with Gasteiger partial charge in [-0.05, 0) is 56.9 Å². The van der Waals surface area contributed by atoms with E-state index in [2.05, 4.69) is 43.4 Å². The summed E-state index contributed by atoms with van der Waals surface area (Å²) in [6.07, 6.45) is 1.57. The molecule has 0 saturated heterocycles. The van der Waals surface area contributed by atoms with Crippen molar-refractivity contribution >= 4 is 20.0 Å². The summed E-state index contributed by atoms with van der Waals surface area (Å²) in [5.74, 6) is -0.708. The van der Waals surface area contributed by atoms with Gasteiger partial charge in [0, 0.05) is 0 Å². The minimum atomic E-state index is -1.81. The van der Waals surface area contributed by atoms with E-state index in [0.717, 1.165) is 17.7 Å². The number of esters is 2. The third kappa shape index (κ3) is 8.61. The second-order valence-corrected chi connectivity index (χ2v) is 14.5. The van der Waals surface area contributed by atoms with Crippen molar-refractivity contribution in [2.75, 3.05) is 19.8 Å². The Bertz CT molecular complexity index is 881. The molecular formula is C27H39NO5Si. The van der Waals surface area contributed by atoms with E-state index in [4.69, 9.17) is 19.9 Å². The average molecular weight is 486 g/mol. The van der Waals surface area contributed by atoms with Crippen LogP contribution in [0.5, 0.6) is 5.75 Å². The molecule has 7 heteroatoms. The number of hydrogen-bond donors (Lipinski definition) is 1. The van der Waals surface area contributed by atoms with Gasteiger partial charge in [0.25, 0.3) is 0 Å². The summed E-state index contributed by atoms with van der Waals surface area (Å²) in [6.45, 7) is 9.19. The molecule has 2 rings (SSSR count). The Labute approximate surface area is 204 Å². The molecule has 2 N–H and O–H groups in total. The molecule has 0 amide bonds. The van der Waals surface area contributed by atoms with Gasteiger partial charge in [-0.1, -0.05) is 67.2 Å². The summed E-state index contributed by atoms with van der Waals surface area (Å²) in [6, 6.07) is 20.8. The summed E-state index contributed by atoms with van der Waals surface area (Å²) in [4.78, 5) is 24.6. The fraction of sp³-hybridized carbons (Fsp3) is 0.481. The Morgan fingerprint density at radius 2 is 1.47 bits per heavy atom. The van der Waals surface area contributed by atoms with Crippen LogP contribution in [-0.4, -0.2) is 45.4 Å². The van der Waals surface area contributed by atoms with Crippen molar-refractivity contribution < 1.29 is 23.8 Å². The van der Waals surface area contributed by atoms with Crippen molar-refractivity contribution in [1.82, 2.24) is 0 Å². The molecule has 0 bridgehead atoms. The number of carbonyl (C=O) groups excluding carboxylic acids is 2. The molecule has 0 fully saturated rings. The number of rotatable bonds is 14. The van der Waals surface area contributed by atoms with Crippen molar-refractivity contribution in [3.8, 4) is 5.75 Å². The molecule has 0 radical (unpaired) electrons. The molecule has 0 saturated carbocycles. The normalized spacial score (nSPS) is 11.7.